The third kappa shape index (κ3) is 1.88. The van der Waals surface area contributed by atoms with Crippen LogP contribution in [0.3, 0.4) is 0 Å². The van der Waals surface area contributed by atoms with Crippen LogP contribution in [0.4, 0.5) is 0 Å². The van der Waals surface area contributed by atoms with Gasteiger partial charge in [-0.1, -0.05) is 60.2 Å². The van der Waals surface area contributed by atoms with Gasteiger partial charge < -0.3 is 0 Å². The molecule has 0 amide bonds. The zero-order valence-corrected chi connectivity index (χ0v) is 12.6. The third-order valence-corrected chi connectivity index (χ3v) is 4.28. The maximum atomic E-state index is 4.18. The Morgan fingerprint density at radius 2 is 1.68 bits per heavy atom. The quantitative estimate of drug-likeness (QED) is 0.725. The fourth-order valence-electron chi connectivity index (χ4n) is 3.30. The van der Waals surface area contributed by atoms with Crippen LogP contribution in [-0.2, 0) is 7.05 Å². The van der Waals surface area contributed by atoms with Gasteiger partial charge in [0.1, 0.15) is 0 Å². The summed E-state index contributed by atoms with van der Waals surface area (Å²) >= 11 is 0. The summed E-state index contributed by atoms with van der Waals surface area (Å²) in [6.07, 6.45) is 2.27. The minimum atomic E-state index is 0.268. The maximum absolute atomic E-state index is 4.18. The van der Waals surface area contributed by atoms with Crippen molar-refractivity contribution in [2.45, 2.75) is 12.8 Å². The van der Waals surface area contributed by atoms with Crippen molar-refractivity contribution in [2.75, 3.05) is 0 Å². The molecular formula is C18H16N4. The topological polar surface area (TPSA) is 43.6 Å². The molecule has 1 atom stereocenters. The van der Waals surface area contributed by atoms with Gasteiger partial charge in [0.2, 0.25) is 0 Å². The molecule has 1 aromatic heterocycles. The smallest absolute Gasteiger partial charge is 0.182 e. The maximum Gasteiger partial charge on any atom is 0.182 e. The zero-order valence-electron chi connectivity index (χ0n) is 12.6. The number of hydrogen-bond acceptors (Lipinski definition) is 3. The van der Waals surface area contributed by atoms with E-state index in [0.29, 0.717) is 0 Å². The minimum absolute atomic E-state index is 0.268. The molecule has 0 fully saturated rings. The molecule has 22 heavy (non-hydrogen) atoms. The van der Waals surface area contributed by atoms with Crippen LogP contribution in [0.1, 0.15) is 29.5 Å². The number of benzene rings is 2. The second-order valence-corrected chi connectivity index (χ2v) is 5.66. The van der Waals surface area contributed by atoms with E-state index in [1.807, 2.05) is 13.1 Å². The summed E-state index contributed by atoms with van der Waals surface area (Å²) < 4.78 is 1.72. The predicted octanol–water partition coefficient (Wildman–Crippen LogP) is 3.43. The zero-order chi connectivity index (χ0) is 15.1. The summed E-state index contributed by atoms with van der Waals surface area (Å²) in [4.78, 5) is 0. The van der Waals surface area contributed by atoms with Crippen molar-refractivity contribution < 1.29 is 0 Å². The van der Waals surface area contributed by atoms with Crippen LogP contribution < -0.4 is 0 Å². The second-order valence-electron chi connectivity index (χ2n) is 5.66. The molecule has 0 aliphatic heterocycles. The first-order chi connectivity index (χ1) is 10.8. The van der Waals surface area contributed by atoms with Gasteiger partial charge in [-0.05, 0) is 34.0 Å². The molecule has 0 saturated carbocycles. The Labute approximate surface area is 129 Å². The van der Waals surface area contributed by atoms with Crippen molar-refractivity contribution in [2.24, 2.45) is 7.05 Å². The summed E-state index contributed by atoms with van der Waals surface area (Å²) in [5.74, 6) is 1.07. The van der Waals surface area contributed by atoms with E-state index < -0.39 is 0 Å². The van der Waals surface area contributed by atoms with E-state index in [2.05, 4.69) is 71.0 Å². The molecular weight excluding hydrogens is 272 g/mol. The van der Waals surface area contributed by atoms with Crippen molar-refractivity contribution in [3.8, 4) is 11.4 Å². The summed E-state index contributed by atoms with van der Waals surface area (Å²) in [5.41, 5.74) is 6.34. The summed E-state index contributed by atoms with van der Waals surface area (Å²) in [6.45, 7) is 2.19. The van der Waals surface area contributed by atoms with Crippen LogP contribution in [0.15, 0.2) is 54.1 Å². The lowest BCUT2D eigenvalue weighted by molar-refractivity contribution is 0.714. The molecule has 2 aromatic carbocycles. The fourth-order valence-corrected chi connectivity index (χ4v) is 3.30. The van der Waals surface area contributed by atoms with Gasteiger partial charge >= 0.3 is 0 Å². The van der Waals surface area contributed by atoms with Gasteiger partial charge in [0.15, 0.2) is 5.82 Å². The van der Waals surface area contributed by atoms with Crippen molar-refractivity contribution >= 4 is 6.08 Å². The molecule has 4 rings (SSSR count). The van der Waals surface area contributed by atoms with E-state index in [1.54, 1.807) is 4.68 Å². The van der Waals surface area contributed by atoms with Crippen molar-refractivity contribution in [3.05, 3.63) is 70.8 Å². The lowest BCUT2D eigenvalue weighted by atomic mass is 9.86. The Hall–Kier alpha value is -2.75. The molecule has 4 nitrogen and oxygen atoms in total. The lowest BCUT2D eigenvalue weighted by Crippen LogP contribution is -2.04. The van der Waals surface area contributed by atoms with Crippen LogP contribution in [-0.4, -0.2) is 20.2 Å². The largest absolute Gasteiger partial charge is 0.229 e. The molecule has 0 spiro atoms. The Balaban J connectivity index is 1.92. The second kappa shape index (κ2) is 4.91. The average Bonchev–Trinajstić information content (AvgIpc) is 3.09. The highest BCUT2D eigenvalue weighted by Gasteiger charge is 2.27. The first-order valence-electron chi connectivity index (χ1n) is 7.34. The highest BCUT2D eigenvalue weighted by molar-refractivity contribution is 5.73. The Morgan fingerprint density at radius 1 is 0.955 bits per heavy atom. The molecule has 0 bridgehead atoms. The van der Waals surface area contributed by atoms with Gasteiger partial charge in [0.05, 0.1) is 0 Å². The number of nitrogens with zero attached hydrogens (tertiary/aromatic N) is 4. The number of fused-ring (bicyclic) bond motifs is 1. The molecule has 3 aromatic rings. The number of hydrogen-bond donors (Lipinski definition) is 0. The van der Waals surface area contributed by atoms with Gasteiger partial charge in [0.25, 0.3) is 0 Å². The van der Waals surface area contributed by atoms with Crippen LogP contribution in [0, 0.1) is 0 Å². The Kier molecular flexibility index (Phi) is 2.89. The van der Waals surface area contributed by atoms with Crippen molar-refractivity contribution in [1.82, 2.24) is 20.2 Å². The first kappa shape index (κ1) is 13.0. The number of tetrazole rings is 1. The normalized spacial score (nSPS) is 16.5. The number of aromatic nitrogens is 4. The first-order valence-corrected chi connectivity index (χ1v) is 7.34. The SMILES string of the molecule is CC1=Cc2ccccc2C1c1ccccc1-c1nnnn1C. The summed E-state index contributed by atoms with van der Waals surface area (Å²) in [7, 11) is 1.87. The van der Waals surface area contributed by atoms with Gasteiger partial charge in [0, 0.05) is 18.5 Å². The van der Waals surface area contributed by atoms with Crippen molar-refractivity contribution in [3.63, 3.8) is 0 Å². The van der Waals surface area contributed by atoms with Crippen LogP contribution >= 0.6 is 0 Å². The van der Waals surface area contributed by atoms with E-state index in [-0.39, 0.29) is 5.92 Å². The van der Waals surface area contributed by atoms with Crippen LogP contribution in [0.5, 0.6) is 0 Å². The third-order valence-electron chi connectivity index (χ3n) is 4.28. The Bertz CT molecular complexity index is 876. The lowest BCUT2D eigenvalue weighted by Gasteiger charge is -2.18. The fraction of sp³-hybridized carbons (Fsp3) is 0.167. The van der Waals surface area contributed by atoms with E-state index >= 15 is 0 Å². The van der Waals surface area contributed by atoms with E-state index in [9.17, 15) is 0 Å². The van der Waals surface area contributed by atoms with Crippen LogP contribution in [0.2, 0.25) is 0 Å². The molecule has 0 radical (unpaired) electrons. The standard InChI is InChI=1S/C18H16N4/c1-12-11-13-7-3-4-8-14(13)17(12)15-9-5-6-10-16(15)18-19-20-21-22(18)2/h3-11,17H,1-2H3. The highest BCUT2D eigenvalue weighted by Crippen LogP contribution is 2.43. The summed E-state index contributed by atoms with van der Waals surface area (Å²) in [6, 6.07) is 17.0. The highest BCUT2D eigenvalue weighted by atomic mass is 15.5. The van der Waals surface area contributed by atoms with Gasteiger partial charge in [-0.2, -0.15) is 0 Å². The molecule has 108 valence electrons. The molecule has 0 saturated heterocycles. The van der Waals surface area contributed by atoms with E-state index in [0.717, 1.165) is 11.4 Å². The number of aryl methyl sites for hydroxylation is 1. The van der Waals surface area contributed by atoms with Crippen molar-refractivity contribution in [1.29, 1.82) is 0 Å². The van der Waals surface area contributed by atoms with Gasteiger partial charge in [-0.3, -0.25) is 0 Å². The van der Waals surface area contributed by atoms with Gasteiger partial charge in [-0.25, -0.2) is 4.68 Å². The Morgan fingerprint density at radius 3 is 2.45 bits per heavy atom. The molecule has 4 heteroatoms. The molecule has 1 aliphatic rings. The molecule has 1 heterocycles. The minimum Gasteiger partial charge on any atom is -0.229 e. The van der Waals surface area contributed by atoms with E-state index in [1.165, 1.54) is 22.3 Å². The predicted molar refractivity (Wildman–Crippen MR) is 86.2 cm³/mol. The molecule has 0 N–H and O–H groups in total. The van der Waals surface area contributed by atoms with Gasteiger partial charge in [-0.15, -0.1) is 5.10 Å². The summed E-state index contributed by atoms with van der Waals surface area (Å²) in [5, 5.41) is 11.9. The molecule has 1 aliphatic carbocycles. The monoisotopic (exact) mass is 288 g/mol. The van der Waals surface area contributed by atoms with E-state index in [4.69, 9.17) is 0 Å². The average molecular weight is 288 g/mol. The molecule has 1 unspecified atom stereocenters. The number of allylic oxidation sites excluding steroid dienone is 1. The van der Waals surface area contributed by atoms with Crippen LogP contribution in [0.25, 0.3) is 17.5 Å². The number of rotatable bonds is 2.